The lowest BCUT2D eigenvalue weighted by Crippen LogP contribution is -2.30. The minimum absolute atomic E-state index is 0.00564. The number of halogens is 1. The number of hydrogen-bond donors (Lipinski definition) is 3. The Kier molecular flexibility index (Phi) is 6.44. The molecule has 28 heavy (non-hydrogen) atoms. The molecule has 1 atom stereocenters. The maximum absolute atomic E-state index is 9.66. The predicted octanol–water partition coefficient (Wildman–Crippen LogP) is 4.67. The molecule has 0 bridgehead atoms. The van der Waals surface area contributed by atoms with Crippen molar-refractivity contribution >= 4 is 29.1 Å². The van der Waals surface area contributed by atoms with E-state index in [1.54, 1.807) is 12.4 Å². The Labute approximate surface area is 170 Å². The van der Waals surface area contributed by atoms with Gasteiger partial charge in [-0.3, -0.25) is 4.98 Å². The number of anilines is 3. The first-order valence-corrected chi connectivity index (χ1v) is 9.54. The van der Waals surface area contributed by atoms with E-state index in [0.717, 1.165) is 22.5 Å². The second-order valence-corrected chi connectivity index (χ2v) is 7.40. The molecule has 1 aromatic carbocycles. The molecule has 7 heteroatoms. The molecule has 0 aliphatic heterocycles. The average molecular weight is 398 g/mol. The predicted molar refractivity (Wildman–Crippen MR) is 114 cm³/mol. The first-order chi connectivity index (χ1) is 13.5. The standard InChI is InChI=1S/C21H24ClN5O/c1-13(2)19(12-28)26-21-25-18(15-5-4-8-23-11-15)10-20(27-21)24-17-9-16(22)7-6-14(17)3/h4-11,13,19,28H,12H2,1-3H3,(H2,24,25,26,27)/t19-/m0/s1. The van der Waals surface area contributed by atoms with Crippen LogP contribution in [0.25, 0.3) is 11.3 Å². The van der Waals surface area contributed by atoms with Crippen molar-refractivity contribution in [2.45, 2.75) is 26.8 Å². The molecule has 6 nitrogen and oxygen atoms in total. The Balaban J connectivity index is 2.00. The summed E-state index contributed by atoms with van der Waals surface area (Å²) in [5, 5.41) is 16.9. The first kappa shape index (κ1) is 20.0. The molecule has 0 aliphatic carbocycles. The second kappa shape index (κ2) is 8.99. The van der Waals surface area contributed by atoms with Gasteiger partial charge in [0, 0.05) is 34.7 Å². The molecule has 2 heterocycles. The van der Waals surface area contributed by atoms with Crippen molar-refractivity contribution in [2.24, 2.45) is 5.92 Å². The quantitative estimate of drug-likeness (QED) is 0.537. The lowest BCUT2D eigenvalue weighted by atomic mass is 10.1. The topological polar surface area (TPSA) is 83.0 Å². The highest BCUT2D eigenvalue weighted by atomic mass is 35.5. The molecule has 3 N–H and O–H groups in total. The number of aliphatic hydroxyl groups excluding tert-OH is 1. The third-order valence-electron chi connectivity index (χ3n) is 4.46. The highest BCUT2D eigenvalue weighted by Crippen LogP contribution is 2.27. The van der Waals surface area contributed by atoms with E-state index in [4.69, 9.17) is 11.6 Å². The van der Waals surface area contributed by atoms with E-state index in [1.165, 1.54) is 0 Å². The fraction of sp³-hybridized carbons (Fsp3) is 0.286. The van der Waals surface area contributed by atoms with Gasteiger partial charge in [0.05, 0.1) is 18.3 Å². The van der Waals surface area contributed by atoms with Crippen LogP contribution in [0, 0.1) is 12.8 Å². The van der Waals surface area contributed by atoms with Crippen molar-refractivity contribution in [1.29, 1.82) is 0 Å². The Bertz CT molecular complexity index is 933. The van der Waals surface area contributed by atoms with Crippen LogP contribution in [0.2, 0.25) is 5.02 Å². The summed E-state index contributed by atoms with van der Waals surface area (Å²) in [6.07, 6.45) is 3.48. The summed E-state index contributed by atoms with van der Waals surface area (Å²) in [4.78, 5) is 13.4. The van der Waals surface area contributed by atoms with Gasteiger partial charge < -0.3 is 15.7 Å². The van der Waals surface area contributed by atoms with E-state index in [1.807, 2.05) is 57.2 Å². The first-order valence-electron chi connectivity index (χ1n) is 9.16. The lowest BCUT2D eigenvalue weighted by Gasteiger charge is -2.21. The van der Waals surface area contributed by atoms with Crippen molar-refractivity contribution in [3.8, 4) is 11.3 Å². The zero-order chi connectivity index (χ0) is 20.1. The molecule has 0 fully saturated rings. The van der Waals surface area contributed by atoms with E-state index < -0.39 is 0 Å². The minimum Gasteiger partial charge on any atom is -0.394 e. The van der Waals surface area contributed by atoms with Crippen LogP contribution in [-0.2, 0) is 0 Å². The summed E-state index contributed by atoms with van der Waals surface area (Å²) in [7, 11) is 0. The summed E-state index contributed by atoms with van der Waals surface area (Å²) in [6.45, 7) is 6.07. The van der Waals surface area contributed by atoms with Gasteiger partial charge in [0.15, 0.2) is 0 Å². The maximum Gasteiger partial charge on any atom is 0.225 e. The normalized spacial score (nSPS) is 12.1. The lowest BCUT2D eigenvalue weighted by molar-refractivity contribution is 0.248. The molecular formula is C21H24ClN5O. The number of rotatable bonds is 7. The van der Waals surface area contributed by atoms with Gasteiger partial charge in [0.1, 0.15) is 5.82 Å². The second-order valence-electron chi connectivity index (χ2n) is 6.97. The summed E-state index contributed by atoms with van der Waals surface area (Å²) in [6, 6.07) is 11.2. The molecular weight excluding hydrogens is 374 g/mol. The summed E-state index contributed by atoms with van der Waals surface area (Å²) in [5.41, 5.74) is 3.53. The van der Waals surface area contributed by atoms with E-state index in [0.29, 0.717) is 16.8 Å². The molecule has 3 aromatic rings. The number of nitrogens with zero attached hydrogens (tertiary/aromatic N) is 3. The fourth-order valence-electron chi connectivity index (χ4n) is 2.69. The highest BCUT2D eigenvalue weighted by molar-refractivity contribution is 6.30. The van der Waals surface area contributed by atoms with Crippen LogP contribution in [0.1, 0.15) is 19.4 Å². The largest absolute Gasteiger partial charge is 0.394 e. The number of benzene rings is 1. The average Bonchev–Trinajstić information content (AvgIpc) is 2.69. The molecule has 0 amide bonds. The van der Waals surface area contributed by atoms with Crippen LogP contribution in [0.5, 0.6) is 0 Å². The summed E-state index contributed by atoms with van der Waals surface area (Å²) >= 11 is 6.14. The number of hydrogen-bond acceptors (Lipinski definition) is 6. The van der Waals surface area contributed by atoms with Gasteiger partial charge in [0.25, 0.3) is 0 Å². The molecule has 0 saturated heterocycles. The minimum atomic E-state index is -0.148. The van der Waals surface area contributed by atoms with Gasteiger partial charge in [-0.25, -0.2) is 4.98 Å². The van der Waals surface area contributed by atoms with Gasteiger partial charge in [-0.15, -0.1) is 0 Å². The number of nitrogens with one attached hydrogen (secondary N) is 2. The summed E-state index contributed by atoms with van der Waals surface area (Å²) in [5.74, 6) is 1.29. The van der Waals surface area contributed by atoms with Crippen molar-refractivity contribution in [3.63, 3.8) is 0 Å². The van der Waals surface area contributed by atoms with Crippen LogP contribution in [-0.4, -0.2) is 32.7 Å². The number of pyridine rings is 1. The molecule has 0 aliphatic rings. The Morgan fingerprint density at radius 2 is 1.96 bits per heavy atom. The van der Waals surface area contributed by atoms with E-state index in [2.05, 4.69) is 25.6 Å². The zero-order valence-electron chi connectivity index (χ0n) is 16.1. The fourth-order valence-corrected chi connectivity index (χ4v) is 2.87. The summed E-state index contributed by atoms with van der Waals surface area (Å²) < 4.78 is 0. The monoisotopic (exact) mass is 397 g/mol. The third-order valence-corrected chi connectivity index (χ3v) is 4.70. The van der Waals surface area contributed by atoms with Gasteiger partial charge >= 0.3 is 0 Å². The van der Waals surface area contributed by atoms with Gasteiger partial charge in [-0.05, 0) is 42.7 Å². The van der Waals surface area contributed by atoms with Crippen LogP contribution in [0.4, 0.5) is 17.5 Å². The molecule has 0 saturated carbocycles. The van der Waals surface area contributed by atoms with Crippen molar-refractivity contribution in [3.05, 3.63) is 59.4 Å². The van der Waals surface area contributed by atoms with E-state index >= 15 is 0 Å². The maximum atomic E-state index is 9.66. The van der Waals surface area contributed by atoms with Crippen molar-refractivity contribution < 1.29 is 5.11 Å². The van der Waals surface area contributed by atoms with Crippen LogP contribution in [0.3, 0.4) is 0 Å². The molecule has 0 unspecified atom stereocenters. The van der Waals surface area contributed by atoms with Gasteiger partial charge in [-0.2, -0.15) is 4.98 Å². The van der Waals surface area contributed by atoms with Crippen LogP contribution >= 0.6 is 11.6 Å². The molecule has 146 valence electrons. The highest BCUT2D eigenvalue weighted by Gasteiger charge is 2.15. The SMILES string of the molecule is Cc1ccc(Cl)cc1Nc1cc(-c2cccnc2)nc(N[C@@H](CO)C(C)C)n1. The molecule has 3 rings (SSSR count). The molecule has 0 radical (unpaired) electrons. The molecule has 0 spiro atoms. The van der Waals surface area contributed by atoms with Gasteiger partial charge in [-0.1, -0.05) is 31.5 Å². The molecule has 2 aromatic heterocycles. The van der Waals surface area contributed by atoms with Gasteiger partial charge in [0.2, 0.25) is 5.95 Å². The van der Waals surface area contributed by atoms with Crippen molar-refractivity contribution in [1.82, 2.24) is 15.0 Å². The Morgan fingerprint density at radius 3 is 2.64 bits per heavy atom. The smallest absolute Gasteiger partial charge is 0.225 e. The Hall–Kier alpha value is -2.70. The van der Waals surface area contributed by atoms with Crippen molar-refractivity contribution in [2.75, 3.05) is 17.2 Å². The Morgan fingerprint density at radius 1 is 1.14 bits per heavy atom. The third kappa shape index (κ3) is 4.97. The zero-order valence-corrected chi connectivity index (χ0v) is 16.9. The van der Waals surface area contributed by atoms with E-state index in [9.17, 15) is 5.11 Å². The van der Waals surface area contributed by atoms with Crippen LogP contribution < -0.4 is 10.6 Å². The van der Waals surface area contributed by atoms with Crippen LogP contribution in [0.15, 0.2) is 48.8 Å². The number of aryl methyl sites for hydroxylation is 1. The van der Waals surface area contributed by atoms with E-state index in [-0.39, 0.29) is 18.6 Å². The number of aromatic nitrogens is 3. The number of aliphatic hydroxyl groups is 1.